The van der Waals surface area contributed by atoms with Crippen LogP contribution < -0.4 is 11.1 Å². The van der Waals surface area contributed by atoms with Gasteiger partial charge in [0.15, 0.2) is 0 Å². The van der Waals surface area contributed by atoms with Crippen molar-refractivity contribution >= 4 is 23.3 Å². The Kier molecular flexibility index (Phi) is 4.06. The number of nitrogens with zero attached hydrogens (tertiary/aromatic N) is 1. The summed E-state index contributed by atoms with van der Waals surface area (Å²) in [5.41, 5.74) is 5.27. The number of carboxylic acid groups (broad SMARTS) is 1. The van der Waals surface area contributed by atoms with Crippen LogP contribution in [0.3, 0.4) is 0 Å². The molecule has 0 saturated heterocycles. The van der Waals surface area contributed by atoms with Crippen molar-refractivity contribution in [2.45, 2.75) is 25.3 Å². The second-order valence-electron chi connectivity index (χ2n) is 5.05. The lowest BCUT2D eigenvalue weighted by molar-refractivity contribution is -0.383. The van der Waals surface area contributed by atoms with Crippen LogP contribution in [-0.2, 0) is 4.79 Å². The van der Waals surface area contributed by atoms with Crippen molar-refractivity contribution in [1.82, 2.24) is 5.32 Å². The molecule has 2 rings (SSSR count). The molecule has 0 radical (unpaired) electrons. The van der Waals surface area contributed by atoms with E-state index in [4.69, 9.17) is 10.8 Å². The number of hydrogen-bond donors (Lipinski definition) is 3. The second kappa shape index (κ2) is 5.78. The smallest absolute Gasteiger partial charge is 0.306 e. The normalized spacial score (nSPS) is 21.0. The number of carbonyl (C=O) groups is 2. The number of rotatable bonds is 4. The SMILES string of the molecule is Nc1ccc(C(=O)N[C@@H]2CC[C@H](C(=O)O)C2)cc1[N+](=O)[O-]. The summed E-state index contributed by atoms with van der Waals surface area (Å²) in [6, 6.07) is 3.60. The molecule has 0 heterocycles. The van der Waals surface area contributed by atoms with Crippen LogP contribution in [0.2, 0.25) is 0 Å². The summed E-state index contributed by atoms with van der Waals surface area (Å²) < 4.78 is 0. The average molecular weight is 293 g/mol. The first kappa shape index (κ1) is 14.8. The summed E-state index contributed by atoms with van der Waals surface area (Å²) in [4.78, 5) is 33.0. The summed E-state index contributed by atoms with van der Waals surface area (Å²) in [7, 11) is 0. The number of hydrogen-bond acceptors (Lipinski definition) is 5. The van der Waals surface area contributed by atoms with Crippen molar-refractivity contribution in [1.29, 1.82) is 0 Å². The molecule has 0 aliphatic heterocycles. The number of nitrogen functional groups attached to an aromatic ring is 1. The largest absolute Gasteiger partial charge is 0.481 e. The molecular weight excluding hydrogens is 278 g/mol. The third-order valence-corrected chi connectivity index (χ3v) is 3.61. The van der Waals surface area contributed by atoms with E-state index < -0.39 is 22.7 Å². The van der Waals surface area contributed by atoms with Gasteiger partial charge in [0, 0.05) is 17.7 Å². The summed E-state index contributed by atoms with van der Waals surface area (Å²) in [6.07, 6.45) is 1.47. The quantitative estimate of drug-likeness (QED) is 0.433. The lowest BCUT2D eigenvalue weighted by atomic mass is 10.1. The Labute approximate surface area is 120 Å². The molecule has 1 aromatic carbocycles. The molecule has 21 heavy (non-hydrogen) atoms. The molecule has 0 unspecified atom stereocenters. The van der Waals surface area contributed by atoms with Gasteiger partial charge in [-0.05, 0) is 31.4 Å². The summed E-state index contributed by atoms with van der Waals surface area (Å²) in [6.45, 7) is 0. The van der Waals surface area contributed by atoms with Crippen molar-refractivity contribution in [3.05, 3.63) is 33.9 Å². The Morgan fingerprint density at radius 2 is 2.10 bits per heavy atom. The van der Waals surface area contributed by atoms with Crippen LogP contribution in [0.15, 0.2) is 18.2 Å². The third kappa shape index (κ3) is 3.28. The first-order valence-corrected chi connectivity index (χ1v) is 6.46. The van der Waals surface area contributed by atoms with Gasteiger partial charge in [-0.15, -0.1) is 0 Å². The van der Waals surface area contributed by atoms with Gasteiger partial charge in [0.2, 0.25) is 0 Å². The Bertz CT molecular complexity index is 601. The molecule has 1 saturated carbocycles. The molecule has 4 N–H and O–H groups in total. The molecule has 1 aliphatic rings. The first-order valence-electron chi connectivity index (χ1n) is 6.46. The van der Waals surface area contributed by atoms with Crippen molar-refractivity contribution in [2.75, 3.05) is 5.73 Å². The Morgan fingerprint density at radius 3 is 2.67 bits per heavy atom. The maximum atomic E-state index is 12.0. The minimum atomic E-state index is -0.866. The van der Waals surface area contributed by atoms with Crippen LogP contribution in [-0.4, -0.2) is 27.9 Å². The minimum absolute atomic E-state index is 0.0108. The van der Waals surface area contributed by atoms with E-state index >= 15 is 0 Å². The number of benzene rings is 1. The van der Waals surface area contributed by atoms with Crippen molar-refractivity contribution in [2.24, 2.45) is 5.92 Å². The maximum absolute atomic E-state index is 12.0. The molecule has 1 fully saturated rings. The number of carbonyl (C=O) groups excluding carboxylic acids is 1. The van der Waals surface area contributed by atoms with E-state index in [9.17, 15) is 19.7 Å². The summed E-state index contributed by atoms with van der Waals surface area (Å²) >= 11 is 0. The molecule has 0 spiro atoms. The lowest BCUT2D eigenvalue weighted by Gasteiger charge is -2.12. The minimum Gasteiger partial charge on any atom is -0.481 e. The molecule has 1 aromatic rings. The van der Waals surface area contributed by atoms with Crippen LogP contribution in [0.4, 0.5) is 11.4 Å². The van der Waals surface area contributed by atoms with Crippen LogP contribution in [0.1, 0.15) is 29.6 Å². The number of nitrogens with two attached hydrogens (primary N) is 1. The standard InChI is InChI=1S/C13H15N3O5/c14-10-4-2-7(6-11(10)16(20)21)12(17)15-9-3-1-8(5-9)13(18)19/h2,4,6,8-9H,1,3,5,14H2,(H,15,17)(H,18,19)/t8-,9+/m0/s1. The van der Waals surface area contributed by atoms with E-state index in [-0.39, 0.29) is 23.0 Å². The Balaban J connectivity index is 2.06. The molecule has 8 nitrogen and oxygen atoms in total. The molecule has 0 aromatic heterocycles. The van der Waals surface area contributed by atoms with E-state index in [0.717, 1.165) is 6.07 Å². The zero-order valence-electron chi connectivity index (χ0n) is 11.1. The number of nitro groups is 1. The molecule has 2 atom stereocenters. The molecule has 0 bridgehead atoms. The third-order valence-electron chi connectivity index (χ3n) is 3.61. The molecule has 1 aliphatic carbocycles. The highest BCUT2D eigenvalue weighted by Gasteiger charge is 2.30. The molecule has 8 heteroatoms. The van der Waals surface area contributed by atoms with Crippen LogP contribution in [0.25, 0.3) is 0 Å². The van der Waals surface area contributed by atoms with Gasteiger partial charge in [-0.2, -0.15) is 0 Å². The highest BCUT2D eigenvalue weighted by molar-refractivity contribution is 5.95. The number of nitro benzene ring substituents is 1. The molecule has 1 amide bonds. The van der Waals surface area contributed by atoms with E-state index in [1.54, 1.807) is 0 Å². The monoisotopic (exact) mass is 293 g/mol. The maximum Gasteiger partial charge on any atom is 0.306 e. The zero-order chi connectivity index (χ0) is 15.6. The number of amides is 1. The lowest BCUT2D eigenvalue weighted by Crippen LogP contribution is -2.33. The number of nitrogens with one attached hydrogen (secondary N) is 1. The van der Waals surface area contributed by atoms with Gasteiger partial charge in [-0.1, -0.05) is 0 Å². The summed E-state index contributed by atoms with van der Waals surface area (Å²) in [5, 5.41) is 22.4. The van der Waals surface area contributed by atoms with Gasteiger partial charge in [0.25, 0.3) is 11.6 Å². The predicted octanol–water partition coefficient (Wildman–Crippen LogP) is 1.16. The average Bonchev–Trinajstić information content (AvgIpc) is 2.87. The van der Waals surface area contributed by atoms with E-state index in [2.05, 4.69) is 5.32 Å². The fraction of sp³-hybridized carbons (Fsp3) is 0.385. The van der Waals surface area contributed by atoms with Gasteiger partial charge in [-0.25, -0.2) is 0 Å². The van der Waals surface area contributed by atoms with Crippen LogP contribution >= 0.6 is 0 Å². The van der Waals surface area contributed by atoms with Crippen molar-refractivity contribution in [3.8, 4) is 0 Å². The van der Waals surface area contributed by atoms with Gasteiger partial charge >= 0.3 is 5.97 Å². The van der Waals surface area contributed by atoms with Gasteiger partial charge in [0.05, 0.1) is 10.8 Å². The zero-order valence-corrected chi connectivity index (χ0v) is 11.1. The second-order valence-corrected chi connectivity index (χ2v) is 5.05. The van der Waals surface area contributed by atoms with Crippen LogP contribution in [0.5, 0.6) is 0 Å². The van der Waals surface area contributed by atoms with E-state index in [1.165, 1.54) is 12.1 Å². The fourth-order valence-electron chi connectivity index (χ4n) is 2.45. The van der Waals surface area contributed by atoms with Crippen molar-refractivity contribution in [3.63, 3.8) is 0 Å². The van der Waals surface area contributed by atoms with Gasteiger partial charge in [-0.3, -0.25) is 19.7 Å². The Morgan fingerprint density at radius 1 is 1.38 bits per heavy atom. The fourth-order valence-corrected chi connectivity index (χ4v) is 2.45. The number of anilines is 1. The first-order chi connectivity index (χ1) is 9.88. The number of aliphatic carboxylic acids is 1. The van der Waals surface area contributed by atoms with Crippen LogP contribution in [0, 0.1) is 16.0 Å². The molecular formula is C13H15N3O5. The number of carboxylic acids is 1. The topological polar surface area (TPSA) is 136 Å². The summed E-state index contributed by atoms with van der Waals surface area (Å²) in [5.74, 6) is -1.78. The highest BCUT2D eigenvalue weighted by Crippen LogP contribution is 2.26. The van der Waals surface area contributed by atoms with E-state index in [1.807, 2.05) is 0 Å². The highest BCUT2D eigenvalue weighted by atomic mass is 16.6. The molecule has 112 valence electrons. The Hall–Kier alpha value is -2.64. The van der Waals surface area contributed by atoms with Gasteiger partial charge in [0.1, 0.15) is 5.69 Å². The van der Waals surface area contributed by atoms with Gasteiger partial charge < -0.3 is 16.2 Å². The van der Waals surface area contributed by atoms with Crippen molar-refractivity contribution < 1.29 is 19.6 Å². The predicted molar refractivity (Wildman–Crippen MR) is 73.7 cm³/mol. The van der Waals surface area contributed by atoms with E-state index in [0.29, 0.717) is 19.3 Å².